The van der Waals surface area contributed by atoms with Crippen molar-refractivity contribution in [1.29, 1.82) is 0 Å². The smallest absolute Gasteiger partial charge is 0.317 e. The van der Waals surface area contributed by atoms with E-state index in [0.29, 0.717) is 6.42 Å². The van der Waals surface area contributed by atoms with Crippen LogP contribution in [0.2, 0.25) is 0 Å². The van der Waals surface area contributed by atoms with Crippen molar-refractivity contribution in [3.05, 3.63) is 0 Å². The number of nitrogens with two attached hydrogens (primary N) is 1. The summed E-state index contributed by atoms with van der Waals surface area (Å²) in [6, 6.07) is 0. The fraction of sp³-hybridized carbons (Fsp3) is 0.889. The number of hydrogen-bond donors (Lipinski definition) is 3. The largest absolute Gasteiger partial charge is 0.481 e. The maximum absolute atomic E-state index is 10.3. The van der Waals surface area contributed by atoms with E-state index < -0.39 is 11.9 Å². The Labute approximate surface area is 141 Å². The average Bonchev–Trinajstić information content (AvgIpc) is 2.52. The third-order valence-corrected chi connectivity index (χ3v) is 3.67. The van der Waals surface area contributed by atoms with Crippen molar-refractivity contribution in [2.45, 2.75) is 96.8 Å². The molecule has 5 nitrogen and oxygen atoms in total. The minimum atomic E-state index is -0.968. The van der Waals surface area contributed by atoms with Crippen LogP contribution in [0, 0.1) is 0 Å². The molecule has 23 heavy (non-hydrogen) atoms. The second-order valence-electron chi connectivity index (χ2n) is 5.98. The predicted molar refractivity (Wildman–Crippen MR) is 94.6 cm³/mol. The van der Waals surface area contributed by atoms with Crippen LogP contribution in [0.25, 0.3) is 0 Å². The number of carboxylic acids is 2. The van der Waals surface area contributed by atoms with Crippen molar-refractivity contribution >= 4 is 11.9 Å². The highest BCUT2D eigenvalue weighted by atomic mass is 16.4. The quantitative estimate of drug-likeness (QED) is 0.381. The fourth-order valence-electron chi connectivity index (χ4n) is 2.29. The van der Waals surface area contributed by atoms with Crippen LogP contribution in [0.15, 0.2) is 0 Å². The fourth-order valence-corrected chi connectivity index (χ4v) is 2.29. The van der Waals surface area contributed by atoms with Gasteiger partial charge in [-0.1, -0.05) is 84.0 Å². The van der Waals surface area contributed by atoms with E-state index in [0.717, 1.165) is 12.8 Å². The van der Waals surface area contributed by atoms with Gasteiger partial charge < -0.3 is 15.9 Å². The monoisotopic (exact) mass is 331 g/mol. The third kappa shape index (κ3) is 29.5. The maximum atomic E-state index is 10.3. The van der Waals surface area contributed by atoms with Gasteiger partial charge in [0.1, 0.15) is 0 Å². The lowest BCUT2D eigenvalue weighted by molar-refractivity contribution is -0.137. The number of carbonyl (C=O) groups is 2. The standard InChI is InChI=1S/C16H32O2.C2H5NO2/c1-2-3-4-5-6-7-8-9-10-11-12-13-14-15-16(17)18;3-1-2(4)5/h2-15H2,1H3,(H,17,18);1,3H2,(H,4,5). The van der Waals surface area contributed by atoms with Gasteiger partial charge in [-0.25, -0.2) is 0 Å². The van der Waals surface area contributed by atoms with Crippen molar-refractivity contribution < 1.29 is 19.8 Å². The highest BCUT2D eigenvalue weighted by molar-refractivity contribution is 5.68. The van der Waals surface area contributed by atoms with E-state index in [9.17, 15) is 9.59 Å². The highest BCUT2D eigenvalue weighted by Gasteiger charge is 1.96. The first-order valence-electron chi connectivity index (χ1n) is 9.18. The molecule has 0 aromatic heterocycles. The van der Waals surface area contributed by atoms with Crippen LogP contribution in [0.4, 0.5) is 0 Å². The van der Waals surface area contributed by atoms with Crippen LogP contribution in [-0.4, -0.2) is 28.7 Å². The van der Waals surface area contributed by atoms with Gasteiger partial charge >= 0.3 is 11.9 Å². The Balaban J connectivity index is 0. The zero-order valence-corrected chi connectivity index (χ0v) is 14.9. The van der Waals surface area contributed by atoms with Crippen molar-refractivity contribution in [1.82, 2.24) is 0 Å². The van der Waals surface area contributed by atoms with Crippen LogP contribution >= 0.6 is 0 Å². The molecule has 5 heteroatoms. The Kier molecular flexibility index (Phi) is 22.0. The van der Waals surface area contributed by atoms with Gasteiger partial charge in [-0.2, -0.15) is 0 Å². The summed E-state index contributed by atoms with van der Waals surface area (Å²) in [4.78, 5) is 19.5. The Morgan fingerprint density at radius 2 is 0.957 bits per heavy atom. The van der Waals surface area contributed by atoms with E-state index >= 15 is 0 Å². The summed E-state index contributed by atoms with van der Waals surface area (Å²) in [6.07, 6.45) is 17.3. The Hall–Kier alpha value is -1.10. The molecular formula is C18H37NO4. The minimum Gasteiger partial charge on any atom is -0.481 e. The zero-order valence-electron chi connectivity index (χ0n) is 14.9. The SMILES string of the molecule is CCCCCCCCCCCCCCCC(=O)O.NCC(=O)O. The highest BCUT2D eigenvalue weighted by Crippen LogP contribution is 2.12. The van der Waals surface area contributed by atoms with Gasteiger partial charge in [0.25, 0.3) is 0 Å². The lowest BCUT2D eigenvalue weighted by atomic mass is 10.0. The normalized spacial score (nSPS) is 10.0. The summed E-state index contributed by atoms with van der Waals surface area (Å²) in [5.41, 5.74) is 4.57. The molecule has 0 rings (SSSR count). The van der Waals surface area contributed by atoms with Crippen LogP contribution in [0.1, 0.15) is 96.8 Å². The Morgan fingerprint density at radius 1 is 0.652 bits per heavy atom. The summed E-state index contributed by atoms with van der Waals surface area (Å²) in [7, 11) is 0. The molecule has 0 fully saturated rings. The summed E-state index contributed by atoms with van der Waals surface area (Å²) >= 11 is 0. The Bertz CT molecular complexity index is 270. The van der Waals surface area contributed by atoms with E-state index in [1.807, 2.05) is 0 Å². The molecule has 0 saturated carbocycles. The van der Waals surface area contributed by atoms with Gasteiger partial charge in [0.05, 0.1) is 6.54 Å². The number of rotatable bonds is 15. The van der Waals surface area contributed by atoms with Crippen molar-refractivity contribution in [2.75, 3.05) is 6.54 Å². The van der Waals surface area contributed by atoms with Crippen LogP contribution < -0.4 is 5.73 Å². The molecule has 138 valence electrons. The Morgan fingerprint density at radius 3 is 1.22 bits per heavy atom. The molecule has 0 radical (unpaired) electrons. The lowest BCUT2D eigenvalue weighted by Crippen LogP contribution is -2.10. The predicted octanol–water partition coefficient (Wildman–Crippen LogP) is 4.58. The number of carboxylic acid groups (broad SMARTS) is 2. The lowest BCUT2D eigenvalue weighted by Gasteiger charge is -2.02. The summed E-state index contributed by atoms with van der Waals surface area (Å²) in [5, 5.41) is 16.1. The van der Waals surface area contributed by atoms with Gasteiger partial charge in [-0.05, 0) is 6.42 Å². The molecule has 0 aliphatic carbocycles. The van der Waals surface area contributed by atoms with Gasteiger partial charge in [-0.3, -0.25) is 9.59 Å². The summed E-state index contributed by atoms with van der Waals surface area (Å²) in [6.45, 7) is 1.98. The summed E-state index contributed by atoms with van der Waals surface area (Å²) < 4.78 is 0. The van der Waals surface area contributed by atoms with Crippen LogP contribution in [0.3, 0.4) is 0 Å². The molecule has 0 aliphatic rings. The molecule has 0 spiro atoms. The molecule has 0 aromatic rings. The van der Waals surface area contributed by atoms with E-state index in [1.165, 1.54) is 70.6 Å². The molecule has 0 bridgehead atoms. The maximum Gasteiger partial charge on any atom is 0.317 e. The second kappa shape index (κ2) is 20.9. The van der Waals surface area contributed by atoms with Gasteiger partial charge in [-0.15, -0.1) is 0 Å². The molecule has 0 amide bonds. The first kappa shape index (κ1) is 24.2. The van der Waals surface area contributed by atoms with E-state index in [4.69, 9.17) is 10.2 Å². The van der Waals surface area contributed by atoms with E-state index in [1.54, 1.807) is 0 Å². The number of aliphatic carboxylic acids is 2. The molecule has 4 N–H and O–H groups in total. The molecule has 0 heterocycles. The molecule has 0 saturated heterocycles. The van der Waals surface area contributed by atoms with E-state index in [-0.39, 0.29) is 6.54 Å². The molecule has 0 aromatic carbocycles. The van der Waals surface area contributed by atoms with Crippen LogP contribution in [-0.2, 0) is 9.59 Å². The molecule has 0 atom stereocenters. The van der Waals surface area contributed by atoms with E-state index in [2.05, 4.69) is 12.7 Å². The van der Waals surface area contributed by atoms with Crippen LogP contribution in [0.5, 0.6) is 0 Å². The topological polar surface area (TPSA) is 101 Å². The molecule has 0 unspecified atom stereocenters. The zero-order chi connectivity index (χ0) is 17.8. The minimum absolute atomic E-state index is 0.278. The first-order chi connectivity index (χ1) is 11.0. The van der Waals surface area contributed by atoms with Crippen molar-refractivity contribution in [3.63, 3.8) is 0 Å². The third-order valence-electron chi connectivity index (χ3n) is 3.67. The first-order valence-corrected chi connectivity index (χ1v) is 9.18. The second-order valence-corrected chi connectivity index (χ2v) is 5.98. The van der Waals surface area contributed by atoms with Crippen molar-refractivity contribution in [3.8, 4) is 0 Å². The van der Waals surface area contributed by atoms with Gasteiger partial charge in [0.15, 0.2) is 0 Å². The van der Waals surface area contributed by atoms with Gasteiger partial charge in [0.2, 0.25) is 0 Å². The molecule has 0 aliphatic heterocycles. The van der Waals surface area contributed by atoms with Gasteiger partial charge in [0, 0.05) is 6.42 Å². The average molecular weight is 331 g/mol. The number of hydrogen-bond acceptors (Lipinski definition) is 3. The summed E-state index contributed by atoms with van der Waals surface area (Å²) in [5.74, 6) is -1.62. The molecular weight excluding hydrogens is 294 g/mol. The number of unbranched alkanes of at least 4 members (excludes halogenated alkanes) is 12. The van der Waals surface area contributed by atoms with Crippen molar-refractivity contribution in [2.24, 2.45) is 5.73 Å².